The molecule has 1 unspecified atom stereocenters. The molecule has 0 aromatic heterocycles. The molecule has 1 amide bonds. The van der Waals surface area contributed by atoms with Crippen LogP contribution in [0.5, 0.6) is 0 Å². The molecule has 2 N–H and O–H groups in total. The summed E-state index contributed by atoms with van der Waals surface area (Å²) in [5.74, 6) is -1.20. The molecule has 3 rings (SSSR count). The van der Waals surface area contributed by atoms with Gasteiger partial charge in [-0.25, -0.2) is 0 Å². The van der Waals surface area contributed by atoms with Gasteiger partial charge in [-0.15, -0.1) is 0 Å². The first-order chi connectivity index (χ1) is 11.6. The monoisotopic (exact) mass is 322 g/mol. The topological polar surface area (TPSA) is 78.8 Å². The number of benzene rings is 2. The van der Waals surface area contributed by atoms with Gasteiger partial charge in [0.15, 0.2) is 0 Å². The number of carbonyl (C=O) groups is 2. The third-order valence-electron chi connectivity index (χ3n) is 4.00. The van der Waals surface area contributed by atoms with Crippen LogP contribution in [-0.4, -0.2) is 23.2 Å². The van der Waals surface area contributed by atoms with Crippen molar-refractivity contribution in [2.24, 2.45) is 4.99 Å². The number of carboxylic acids is 1. The number of amides is 1. The van der Waals surface area contributed by atoms with E-state index in [0.29, 0.717) is 6.42 Å². The molecule has 0 saturated heterocycles. The Hall–Kier alpha value is -2.95. The van der Waals surface area contributed by atoms with Crippen molar-refractivity contribution in [3.8, 4) is 0 Å². The van der Waals surface area contributed by atoms with Gasteiger partial charge in [0.05, 0.1) is 5.69 Å². The van der Waals surface area contributed by atoms with Crippen molar-refractivity contribution >= 4 is 29.5 Å². The zero-order valence-electron chi connectivity index (χ0n) is 13.1. The first-order valence-electron chi connectivity index (χ1n) is 7.88. The number of nitrogens with one attached hydrogen (secondary N) is 1. The Bertz CT molecular complexity index is 781. The van der Waals surface area contributed by atoms with Crippen molar-refractivity contribution < 1.29 is 14.7 Å². The lowest BCUT2D eigenvalue weighted by Gasteiger charge is -2.03. The van der Waals surface area contributed by atoms with E-state index in [2.05, 4.69) is 10.3 Å². The summed E-state index contributed by atoms with van der Waals surface area (Å²) >= 11 is 0. The van der Waals surface area contributed by atoms with Crippen molar-refractivity contribution in [2.45, 2.75) is 25.2 Å². The molecule has 0 aliphatic carbocycles. The standard InChI is InChI=1S/C19H18N2O3/c22-18(23)7-3-4-13-8-10-14(11-9-13)20-12-16-15-5-1-2-6-17(15)21-19(16)24/h1-2,5-6,8-12,16H,3-4,7H2,(H,21,24)(H,22,23). The van der Waals surface area contributed by atoms with Crippen molar-refractivity contribution in [1.82, 2.24) is 0 Å². The molecule has 122 valence electrons. The van der Waals surface area contributed by atoms with Crippen LogP contribution in [0, 0.1) is 0 Å². The second-order valence-corrected chi connectivity index (χ2v) is 5.75. The van der Waals surface area contributed by atoms with Gasteiger partial charge in [0.25, 0.3) is 0 Å². The number of hydrogen-bond donors (Lipinski definition) is 2. The van der Waals surface area contributed by atoms with Crippen LogP contribution in [0.3, 0.4) is 0 Å². The summed E-state index contributed by atoms with van der Waals surface area (Å²) in [6, 6.07) is 15.3. The molecule has 24 heavy (non-hydrogen) atoms. The van der Waals surface area contributed by atoms with Gasteiger partial charge in [-0.1, -0.05) is 30.3 Å². The maximum atomic E-state index is 12.0. The van der Waals surface area contributed by atoms with Crippen molar-refractivity contribution in [1.29, 1.82) is 0 Å². The van der Waals surface area contributed by atoms with Crippen molar-refractivity contribution in [2.75, 3.05) is 5.32 Å². The molecule has 0 radical (unpaired) electrons. The number of aliphatic carboxylic acids is 1. The van der Waals surface area contributed by atoms with E-state index in [4.69, 9.17) is 5.11 Å². The number of rotatable bonds is 6. The third kappa shape index (κ3) is 3.68. The molecule has 2 aromatic rings. The Balaban J connectivity index is 1.65. The normalized spacial score (nSPS) is 16.2. The highest BCUT2D eigenvalue weighted by molar-refractivity contribution is 6.12. The number of aliphatic imine (C=N–C) groups is 1. The summed E-state index contributed by atoms with van der Waals surface area (Å²) in [6.45, 7) is 0. The molecule has 0 bridgehead atoms. The summed E-state index contributed by atoms with van der Waals surface area (Å²) in [5, 5.41) is 11.5. The lowest BCUT2D eigenvalue weighted by Crippen LogP contribution is -2.12. The highest BCUT2D eigenvalue weighted by Gasteiger charge is 2.28. The van der Waals surface area contributed by atoms with Crippen LogP contribution < -0.4 is 5.32 Å². The first kappa shape index (κ1) is 15.9. The van der Waals surface area contributed by atoms with Crippen LogP contribution in [0.2, 0.25) is 0 Å². The average Bonchev–Trinajstić information content (AvgIpc) is 2.89. The molecular weight excluding hydrogens is 304 g/mol. The Kier molecular flexibility index (Phi) is 4.70. The number of carboxylic acid groups (broad SMARTS) is 1. The number of fused-ring (bicyclic) bond motifs is 1. The van der Waals surface area contributed by atoms with Gasteiger partial charge < -0.3 is 10.4 Å². The summed E-state index contributed by atoms with van der Waals surface area (Å²) in [7, 11) is 0. The summed E-state index contributed by atoms with van der Waals surface area (Å²) < 4.78 is 0. The van der Waals surface area contributed by atoms with Crippen LogP contribution in [0.15, 0.2) is 53.5 Å². The summed E-state index contributed by atoms with van der Waals surface area (Å²) in [5.41, 5.74) is 3.64. The van der Waals surface area contributed by atoms with Crippen LogP contribution in [0.25, 0.3) is 0 Å². The molecule has 1 heterocycles. The second kappa shape index (κ2) is 7.08. The molecule has 2 aromatic carbocycles. The van der Waals surface area contributed by atoms with Crippen LogP contribution in [0.4, 0.5) is 11.4 Å². The van der Waals surface area contributed by atoms with Gasteiger partial charge in [-0.2, -0.15) is 0 Å². The highest BCUT2D eigenvalue weighted by atomic mass is 16.4. The second-order valence-electron chi connectivity index (χ2n) is 5.75. The first-order valence-corrected chi connectivity index (χ1v) is 7.88. The minimum Gasteiger partial charge on any atom is -0.481 e. The smallest absolute Gasteiger partial charge is 0.303 e. The maximum absolute atomic E-state index is 12.0. The Labute approximate surface area is 140 Å². The van der Waals surface area contributed by atoms with E-state index >= 15 is 0 Å². The average molecular weight is 322 g/mol. The van der Waals surface area contributed by atoms with E-state index < -0.39 is 5.97 Å². The van der Waals surface area contributed by atoms with E-state index in [1.807, 2.05) is 48.5 Å². The van der Waals surface area contributed by atoms with E-state index in [9.17, 15) is 9.59 Å². The maximum Gasteiger partial charge on any atom is 0.303 e. The van der Waals surface area contributed by atoms with E-state index in [1.165, 1.54) is 0 Å². The predicted molar refractivity (Wildman–Crippen MR) is 93.0 cm³/mol. The SMILES string of the molecule is O=C(O)CCCc1ccc(N=CC2C(=O)Nc3ccccc32)cc1. The van der Waals surface area contributed by atoms with Crippen LogP contribution >= 0.6 is 0 Å². The van der Waals surface area contributed by atoms with Gasteiger partial charge >= 0.3 is 5.97 Å². The van der Waals surface area contributed by atoms with Crippen molar-refractivity contribution in [3.63, 3.8) is 0 Å². The van der Waals surface area contributed by atoms with Crippen molar-refractivity contribution in [3.05, 3.63) is 59.7 Å². The number of carbonyl (C=O) groups excluding carboxylic acids is 1. The molecule has 1 aliphatic rings. The van der Waals surface area contributed by atoms with E-state index in [1.54, 1.807) is 6.21 Å². The molecular formula is C19H18N2O3. The minimum absolute atomic E-state index is 0.0646. The number of aryl methyl sites for hydroxylation is 1. The number of para-hydroxylation sites is 1. The fourth-order valence-corrected chi connectivity index (χ4v) is 2.73. The van der Waals surface area contributed by atoms with E-state index in [0.717, 1.165) is 28.9 Å². The molecule has 0 spiro atoms. The molecule has 5 nitrogen and oxygen atoms in total. The minimum atomic E-state index is -0.772. The predicted octanol–water partition coefficient (Wildman–Crippen LogP) is 3.53. The molecule has 1 atom stereocenters. The van der Waals surface area contributed by atoms with E-state index in [-0.39, 0.29) is 18.2 Å². The molecule has 0 saturated carbocycles. The third-order valence-corrected chi connectivity index (χ3v) is 4.00. The quantitative estimate of drug-likeness (QED) is 0.799. The Morgan fingerprint density at radius 1 is 1.17 bits per heavy atom. The van der Waals surface area contributed by atoms with Gasteiger partial charge in [0.2, 0.25) is 5.91 Å². The Morgan fingerprint density at radius 3 is 2.67 bits per heavy atom. The van der Waals surface area contributed by atoms with Crippen LogP contribution in [-0.2, 0) is 16.0 Å². The Morgan fingerprint density at radius 2 is 1.92 bits per heavy atom. The number of anilines is 1. The lowest BCUT2D eigenvalue weighted by molar-refractivity contribution is -0.137. The largest absolute Gasteiger partial charge is 0.481 e. The fourth-order valence-electron chi connectivity index (χ4n) is 2.73. The van der Waals surface area contributed by atoms with Gasteiger partial charge in [-0.05, 0) is 42.2 Å². The zero-order chi connectivity index (χ0) is 16.9. The van der Waals surface area contributed by atoms with Gasteiger partial charge in [0.1, 0.15) is 5.92 Å². The molecule has 0 fully saturated rings. The van der Waals surface area contributed by atoms with Gasteiger partial charge in [-0.3, -0.25) is 14.6 Å². The van der Waals surface area contributed by atoms with Gasteiger partial charge in [0, 0.05) is 18.3 Å². The summed E-state index contributed by atoms with van der Waals surface area (Å²) in [6.07, 6.45) is 3.20. The molecule has 1 aliphatic heterocycles. The fraction of sp³-hybridized carbons (Fsp3) is 0.211. The van der Waals surface area contributed by atoms with Crippen LogP contribution in [0.1, 0.15) is 29.9 Å². The lowest BCUT2D eigenvalue weighted by atomic mass is 10.0. The number of hydrogen-bond acceptors (Lipinski definition) is 3. The summed E-state index contributed by atoms with van der Waals surface area (Å²) in [4.78, 5) is 27.0. The zero-order valence-corrected chi connectivity index (χ0v) is 13.1. The molecule has 5 heteroatoms. The highest BCUT2D eigenvalue weighted by Crippen LogP contribution is 2.31. The number of nitrogens with zero attached hydrogens (tertiary/aromatic N) is 1.